The average Bonchev–Trinajstić information content (AvgIpc) is 3.13. The monoisotopic (exact) mass is 568 g/mol. The van der Waals surface area contributed by atoms with E-state index in [9.17, 15) is 24.3 Å². The van der Waals surface area contributed by atoms with E-state index < -0.39 is 45.2 Å². The SMILES string of the molecule is CCCN1C(=O)[C@H]2[C@H](CC=C3[C@H]2C[C@@]2(Cl)C(=O)N(CBr)C(=O)[C@@]2(Cl)[C@H]3c2cccc(O)c2)C1=O. The molecule has 180 valence electrons. The second-order valence-corrected chi connectivity index (χ2v) is 11.2. The number of halogens is 3. The number of rotatable bonds is 4. The summed E-state index contributed by atoms with van der Waals surface area (Å²) in [6, 6.07) is 6.35. The maximum absolute atomic E-state index is 13.6. The molecule has 1 aromatic carbocycles. The highest BCUT2D eigenvalue weighted by Crippen LogP contribution is 2.65. The number of alkyl halides is 3. The third kappa shape index (κ3) is 2.88. The number of aromatic hydroxyl groups is 1. The maximum atomic E-state index is 13.6. The molecule has 4 amide bonds. The number of phenols is 1. The maximum Gasteiger partial charge on any atom is 0.254 e. The van der Waals surface area contributed by atoms with Gasteiger partial charge in [-0.25, -0.2) is 0 Å². The number of imide groups is 2. The molecule has 0 unspecified atom stereocenters. The first kappa shape index (κ1) is 23.8. The summed E-state index contributed by atoms with van der Waals surface area (Å²) < 4.78 is 0. The van der Waals surface area contributed by atoms with Gasteiger partial charge in [0.15, 0.2) is 9.75 Å². The van der Waals surface area contributed by atoms with Gasteiger partial charge in [-0.2, -0.15) is 0 Å². The molecule has 0 spiro atoms. The molecule has 2 aliphatic carbocycles. The molecule has 0 radical (unpaired) electrons. The van der Waals surface area contributed by atoms with E-state index in [0.717, 1.165) is 10.5 Å². The fraction of sp³-hybridized carbons (Fsp3) is 0.500. The lowest BCUT2D eigenvalue weighted by atomic mass is 9.56. The third-order valence-electron chi connectivity index (χ3n) is 7.76. The van der Waals surface area contributed by atoms with Crippen LogP contribution in [0.15, 0.2) is 35.9 Å². The fourth-order valence-corrected chi connectivity index (χ4v) is 7.77. The van der Waals surface area contributed by atoms with Crippen molar-refractivity contribution in [1.82, 2.24) is 9.80 Å². The number of likely N-dealkylation sites (tertiary alicyclic amines) is 2. The number of carbonyl (C=O) groups is 4. The number of hydrogen-bond acceptors (Lipinski definition) is 5. The summed E-state index contributed by atoms with van der Waals surface area (Å²) in [5.74, 6) is -4.34. The highest BCUT2D eigenvalue weighted by atomic mass is 79.9. The summed E-state index contributed by atoms with van der Waals surface area (Å²) in [6.45, 7) is 2.24. The molecular formula is C24H23BrCl2N2O5. The molecule has 4 aliphatic rings. The van der Waals surface area contributed by atoms with E-state index in [1.807, 2.05) is 13.0 Å². The Morgan fingerprint density at radius 3 is 2.47 bits per heavy atom. The van der Waals surface area contributed by atoms with Gasteiger partial charge < -0.3 is 5.11 Å². The van der Waals surface area contributed by atoms with Gasteiger partial charge in [0.1, 0.15) is 5.75 Å². The van der Waals surface area contributed by atoms with Gasteiger partial charge in [0.25, 0.3) is 11.8 Å². The second kappa shape index (κ2) is 8.07. The molecular weight excluding hydrogens is 547 g/mol. The van der Waals surface area contributed by atoms with Crippen LogP contribution in [0.5, 0.6) is 5.75 Å². The highest BCUT2D eigenvalue weighted by molar-refractivity contribution is 9.09. The molecule has 0 aromatic heterocycles. The van der Waals surface area contributed by atoms with E-state index in [4.69, 9.17) is 23.2 Å². The van der Waals surface area contributed by atoms with Crippen molar-refractivity contribution >= 4 is 62.8 Å². The molecule has 0 bridgehead atoms. The predicted molar refractivity (Wildman–Crippen MR) is 128 cm³/mol. The minimum absolute atomic E-state index is 0.0234. The minimum Gasteiger partial charge on any atom is -0.508 e. The zero-order chi connectivity index (χ0) is 24.6. The van der Waals surface area contributed by atoms with Crippen LogP contribution in [0.4, 0.5) is 0 Å². The molecule has 34 heavy (non-hydrogen) atoms. The molecule has 10 heteroatoms. The first-order valence-corrected chi connectivity index (χ1v) is 13.1. The summed E-state index contributed by atoms with van der Waals surface area (Å²) in [4.78, 5) is 52.1. The lowest BCUT2D eigenvalue weighted by Crippen LogP contribution is -2.60. The second-order valence-electron chi connectivity index (χ2n) is 9.41. The number of carbonyl (C=O) groups excluding carboxylic acids is 4. The first-order chi connectivity index (χ1) is 16.1. The Labute approximate surface area is 215 Å². The van der Waals surface area contributed by atoms with Crippen molar-refractivity contribution in [3.8, 4) is 5.75 Å². The van der Waals surface area contributed by atoms with Gasteiger partial charge in [-0.05, 0) is 42.9 Å². The van der Waals surface area contributed by atoms with Crippen LogP contribution in [0, 0.1) is 17.8 Å². The quantitative estimate of drug-likeness (QED) is 0.259. The lowest BCUT2D eigenvalue weighted by Gasteiger charge is -2.50. The number of nitrogens with zero attached hydrogens (tertiary/aromatic N) is 2. The van der Waals surface area contributed by atoms with E-state index in [-0.39, 0.29) is 29.4 Å². The van der Waals surface area contributed by atoms with Crippen molar-refractivity contribution in [2.75, 3.05) is 12.0 Å². The van der Waals surface area contributed by atoms with Gasteiger partial charge in [0, 0.05) is 12.5 Å². The Balaban J connectivity index is 1.71. The van der Waals surface area contributed by atoms with E-state index in [0.29, 0.717) is 24.9 Å². The van der Waals surface area contributed by atoms with Crippen LogP contribution < -0.4 is 0 Å². The van der Waals surface area contributed by atoms with Crippen LogP contribution in [0.25, 0.3) is 0 Å². The summed E-state index contributed by atoms with van der Waals surface area (Å²) in [5, 5.41) is 10.2. The zero-order valence-corrected chi connectivity index (χ0v) is 21.4. The van der Waals surface area contributed by atoms with Crippen molar-refractivity contribution in [2.45, 2.75) is 41.9 Å². The van der Waals surface area contributed by atoms with E-state index in [2.05, 4.69) is 15.9 Å². The van der Waals surface area contributed by atoms with Crippen molar-refractivity contribution in [1.29, 1.82) is 0 Å². The number of amides is 4. The summed E-state index contributed by atoms with van der Waals surface area (Å²) >= 11 is 17.4. The third-order valence-corrected chi connectivity index (χ3v) is 9.67. The van der Waals surface area contributed by atoms with E-state index >= 15 is 0 Å². The van der Waals surface area contributed by atoms with Crippen molar-refractivity contribution in [2.24, 2.45) is 17.8 Å². The minimum atomic E-state index is -1.85. The number of benzene rings is 1. The van der Waals surface area contributed by atoms with Gasteiger partial charge in [-0.15, -0.1) is 23.2 Å². The molecule has 7 nitrogen and oxygen atoms in total. The predicted octanol–water partition coefficient (Wildman–Crippen LogP) is 3.51. The van der Waals surface area contributed by atoms with Crippen molar-refractivity contribution < 1.29 is 24.3 Å². The molecule has 6 atom stereocenters. The van der Waals surface area contributed by atoms with Gasteiger partial charge in [-0.3, -0.25) is 29.0 Å². The number of fused-ring (bicyclic) bond motifs is 4. The standard InChI is InChI=1S/C24H23BrCl2N2O5/c1-2-8-28-19(31)15-7-6-14-16(17(15)20(28)32)10-23(26)21(33)29(11-25)22(34)24(23,27)18(14)12-4-3-5-13(30)9-12/h3-6,9,15-18,30H,2,7-8,10-11H2,1H3/t15-,16+,17-,18-,23+,24-/m0/s1. The Bertz CT molecular complexity index is 1160. The summed E-state index contributed by atoms with van der Waals surface area (Å²) in [7, 11) is 0. The zero-order valence-electron chi connectivity index (χ0n) is 18.3. The topological polar surface area (TPSA) is 95.0 Å². The van der Waals surface area contributed by atoms with Crippen LogP contribution >= 0.6 is 39.1 Å². The Hall–Kier alpha value is -1.90. The summed E-state index contributed by atoms with van der Waals surface area (Å²) in [5.41, 5.74) is 1.17. The van der Waals surface area contributed by atoms with Gasteiger partial charge in [-0.1, -0.05) is 46.6 Å². The van der Waals surface area contributed by atoms with Crippen molar-refractivity contribution in [3.05, 3.63) is 41.5 Å². The van der Waals surface area contributed by atoms with Crippen LogP contribution in [-0.4, -0.2) is 60.3 Å². The smallest absolute Gasteiger partial charge is 0.254 e. The van der Waals surface area contributed by atoms with Crippen molar-refractivity contribution in [3.63, 3.8) is 0 Å². The molecule has 2 heterocycles. The molecule has 2 aliphatic heterocycles. The van der Waals surface area contributed by atoms with Crippen LogP contribution in [0.1, 0.15) is 37.7 Å². The van der Waals surface area contributed by atoms with Gasteiger partial charge >= 0.3 is 0 Å². The number of phenolic OH excluding ortho intramolecular Hbond substituents is 1. The summed E-state index contributed by atoms with van der Waals surface area (Å²) in [6.07, 6.45) is 2.83. The highest BCUT2D eigenvalue weighted by Gasteiger charge is 2.76. The van der Waals surface area contributed by atoms with Crippen LogP contribution in [0.2, 0.25) is 0 Å². The Morgan fingerprint density at radius 1 is 1.09 bits per heavy atom. The molecule has 2 saturated heterocycles. The molecule has 1 N–H and O–H groups in total. The molecule has 1 saturated carbocycles. The number of hydrogen-bond donors (Lipinski definition) is 1. The van der Waals surface area contributed by atoms with Crippen LogP contribution in [0.3, 0.4) is 0 Å². The molecule has 3 fully saturated rings. The molecule has 5 rings (SSSR count). The van der Waals surface area contributed by atoms with Gasteiger partial charge in [0.2, 0.25) is 11.8 Å². The van der Waals surface area contributed by atoms with E-state index in [1.54, 1.807) is 12.1 Å². The largest absolute Gasteiger partial charge is 0.508 e. The Morgan fingerprint density at radius 2 is 1.82 bits per heavy atom. The Kier molecular flexibility index (Phi) is 5.65. The van der Waals surface area contributed by atoms with Crippen LogP contribution in [-0.2, 0) is 19.2 Å². The fourth-order valence-electron chi connectivity index (χ4n) is 6.34. The average molecular weight is 570 g/mol. The van der Waals surface area contributed by atoms with E-state index in [1.165, 1.54) is 17.0 Å². The first-order valence-electron chi connectivity index (χ1n) is 11.3. The van der Waals surface area contributed by atoms with Gasteiger partial charge in [0.05, 0.1) is 17.3 Å². The number of allylic oxidation sites excluding steroid dienone is 2. The lowest BCUT2D eigenvalue weighted by molar-refractivity contribution is -0.141. The molecule has 1 aromatic rings. The normalized spacial score (nSPS) is 37.0.